The van der Waals surface area contributed by atoms with Crippen molar-refractivity contribution in [3.63, 3.8) is 0 Å². The smallest absolute Gasteiger partial charge is 0.0594 e. The minimum absolute atomic E-state index is 0.127. The van der Waals surface area contributed by atoms with Gasteiger partial charge in [0.1, 0.15) is 0 Å². The van der Waals surface area contributed by atoms with Gasteiger partial charge in [-0.15, -0.1) is 0 Å². The zero-order valence-electron chi connectivity index (χ0n) is 14.0. The third kappa shape index (κ3) is 4.06. The molecule has 0 saturated carbocycles. The monoisotopic (exact) mass is 290 g/mol. The Morgan fingerprint density at radius 1 is 1.24 bits per heavy atom. The lowest BCUT2D eigenvalue weighted by molar-refractivity contribution is -0.0230. The van der Waals surface area contributed by atoms with Gasteiger partial charge in [-0.3, -0.25) is 4.90 Å². The fourth-order valence-corrected chi connectivity index (χ4v) is 3.24. The maximum absolute atomic E-state index is 5.51. The van der Waals surface area contributed by atoms with Crippen molar-refractivity contribution in [1.29, 1.82) is 0 Å². The molecule has 1 saturated heterocycles. The standard InChI is InChI=1S/C18H30N2O/c1-5-19-17(14-16-9-7-6-8-15(16)2)18(3,4)20-10-12-21-13-11-20/h6-9,17,19H,5,10-14H2,1-4H3. The fourth-order valence-electron chi connectivity index (χ4n) is 3.24. The van der Waals surface area contributed by atoms with Crippen LogP contribution < -0.4 is 5.32 Å². The molecular weight excluding hydrogens is 260 g/mol. The number of aryl methyl sites for hydroxylation is 1. The Hall–Kier alpha value is -0.900. The molecule has 0 aromatic heterocycles. The first-order valence-corrected chi connectivity index (χ1v) is 8.16. The van der Waals surface area contributed by atoms with Crippen LogP contribution in [0.1, 0.15) is 31.9 Å². The van der Waals surface area contributed by atoms with Crippen molar-refractivity contribution in [3.8, 4) is 0 Å². The molecule has 2 rings (SSSR count). The molecule has 0 bridgehead atoms. The van der Waals surface area contributed by atoms with E-state index in [-0.39, 0.29) is 5.54 Å². The van der Waals surface area contributed by atoms with Crippen LogP contribution in [0.3, 0.4) is 0 Å². The lowest BCUT2D eigenvalue weighted by Crippen LogP contribution is -2.61. The number of morpholine rings is 1. The van der Waals surface area contributed by atoms with Crippen molar-refractivity contribution in [3.05, 3.63) is 35.4 Å². The van der Waals surface area contributed by atoms with Crippen LogP contribution in [0.25, 0.3) is 0 Å². The van der Waals surface area contributed by atoms with Crippen molar-refractivity contribution in [2.75, 3.05) is 32.8 Å². The summed E-state index contributed by atoms with van der Waals surface area (Å²) in [5.74, 6) is 0. The first kappa shape index (κ1) is 16.5. The minimum Gasteiger partial charge on any atom is -0.379 e. The largest absolute Gasteiger partial charge is 0.379 e. The Bertz CT molecular complexity index is 439. The molecule has 0 spiro atoms. The van der Waals surface area contributed by atoms with Crippen molar-refractivity contribution in [1.82, 2.24) is 10.2 Å². The molecule has 1 heterocycles. The number of rotatable bonds is 6. The third-order valence-corrected chi connectivity index (χ3v) is 4.81. The molecule has 21 heavy (non-hydrogen) atoms. The van der Waals surface area contributed by atoms with Gasteiger partial charge in [-0.05, 0) is 44.9 Å². The summed E-state index contributed by atoms with van der Waals surface area (Å²) >= 11 is 0. The van der Waals surface area contributed by atoms with Gasteiger partial charge in [-0.25, -0.2) is 0 Å². The molecule has 1 aromatic rings. The summed E-state index contributed by atoms with van der Waals surface area (Å²) in [4.78, 5) is 2.57. The Kier molecular flexibility index (Phi) is 5.80. The number of likely N-dealkylation sites (N-methyl/N-ethyl adjacent to an activating group) is 1. The predicted molar refractivity (Wildman–Crippen MR) is 88.8 cm³/mol. The summed E-state index contributed by atoms with van der Waals surface area (Å²) in [7, 11) is 0. The van der Waals surface area contributed by atoms with Crippen molar-refractivity contribution in [2.24, 2.45) is 0 Å². The van der Waals surface area contributed by atoms with Crippen LogP contribution in [0, 0.1) is 6.92 Å². The Morgan fingerprint density at radius 2 is 1.90 bits per heavy atom. The molecule has 1 N–H and O–H groups in total. The molecule has 1 aliphatic rings. The highest BCUT2D eigenvalue weighted by molar-refractivity contribution is 5.27. The van der Waals surface area contributed by atoms with Crippen LogP contribution >= 0.6 is 0 Å². The van der Waals surface area contributed by atoms with Crippen LogP contribution in [-0.4, -0.2) is 49.3 Å². The number of nitrogens with zero attached hydrogens (tertiary/aromatic N) is 1. The van der Waals surface area contributed by atoms with Gasteiger partial charge in [0.05, 0.1) is 13.2 Å². The van der Waals surface area contributed by atoms with Gasteiger partial charge in [0, 0.05) is 24.7 Å². The number of ether oxygens (including phenoxy) is 1. The first-order chi connectivity index (χ1) is 10.1. The first-order valence-electron chi connectivity index (χ1n) is 8.16. The molecule has 3 heteroatoms. The number of benzene rings is 1. The Balaban J connectivity index is 2.15. The second kappa shape index (κ2) is 7.39. The quantitative estimate of drug-likeness (QED) is 0.871. The van der Waals surface area contributed by atoms with E-state index in [1.807, 2.05) is 0 Å². The maximum Gasteiger partial charge on any atom is 0.0594 e. The van der Waals surface area contributed by atoms with Gasteiger partial charge in [-0.1, -0.05) is 31.2 Å². The molecule has 1 atom stereocenters. The lowest BCUT2D eigenvalue weighted by Gasteiger charge is -2.46. The molecule has 118 valence electrons. The molecule has 1 unspecified atom stereocenters. The minimum atomic E-state index is 0.127. The fraction of sp³-hybridized carbons (Fsp3) is 0.667. The van der Waals surface area contributed by atoms with Gasteiger partial charge >= 0.3 is 0 Å². The molecule has 1 fully saturated rings. The van der Waals surface area contributed by atoms with E-state index >= 15 is 0 Å². The van der Waals surface area contributed by atoms with E-state index in [2.05, 4.69) is 62.2 Å². The summed E-state index contributed by atoms with van der Waals surface area (Å²) in [6, 6.07) is 9.18. The maximum atomic E-state index is 5.51. The predicted octanol–water partition coefficient (Wildman–Crippen LogP) is 2.63. The van der Waals surface area contributed by atoms with Gasteiger partial charge in [0.15, 0.2) is 0 Å². The molecule has 0 aliphatic carbocycles. The SMILES string of the molecule is CCNC(Cc1ccccc1C)C(C)(C)N1CCOCC1. The van der Waals surface area contributed by atoms with E-state index in [1.165, 1.54) is 11.1 Å². The van der Waals surface area contributed by atoms with Gasteiger partial charge in [0.2, 0.25) is 0 Å². The number of hydrogen-bond acceptors (Lipinski definition) is 3. The zero-order valence-corrected chi connectivity index (χ0v) is 14.0. The molecule has 3 nitrogen and oxygen atoms in total. The van der Waals surface area contributed by atoms with Crippen LogP contribution in [0.15, 0.2) is 24.3 Å². The van der Waals surface area contributed by atoms with E-state index in [4.69, 9.17) is 4.74 Å². The number of hydrogen-bond donors (Lipinski definition) is 1. The topological polar surface area (TPSA) is 24.5 Å². The van der Waals surface area contributed by atoms with E-state index in [1.54, 1.807) is 0 Å². The normalized spacial score (nSPS) is 18.7. The zero-order chi connectivity index (χ0) is 15.3. The van der Waals surface area contributed by atoms with Crippen LogP contribution in [0.2, 0.25) is 0 Å². The van der Waals surface area contributed by atoms with Crippen molar-refractivity contribution in [2.45, 2.75) is 45.7 Å². The third-order valence-electron chi connectivity index (χ3n) is 4.81. The van der Waals surface area contributed by atoms with Gasteiger partial charge in [0.25, 0.3) is 0 Å². The molecule has 1 aliphatic heterocycles. The van der Waals surface area contributed by atoms with Gasteiger partial charge in [-0.2, -0.15) is 0 Å². The Morgan fingerprint density at radius 3 is 2.52 bits per heavy atom. The highest BCUT2D eigenvalue weighted by Gasteiger charge is 2.35. The highest BCUT2D eigenvalue weighted by atomic mass is 16.5. The summed E-state index contributed by atoms with van der Waals surface area (Å²) in [6.07, 6.45) is 1.07. The average molecular weight is 290 g/mol. The lowest BCUT2D eigenvalue weighted by atomic mass is 9.86. The van der Waals surface area contributed by atoms with E-state index in [0.29, 0.717) is 6.04 Å². The van der Waals surface area contributed by atoms with E-state index in [9.17, 15) is 0 Å². The second-order valence-corrected chi connectivity index (χ2v) is 6.49. The molecular formula is C18H30N2O. The average Bonchev–Trinajstić information content (AvgIpc) is 2.50. The van der Waals surface area contributed by atoms with Gasteiger partial charge < -0.3 is 10.1 Å². The number of nitrogens with one attached hydrogen (secondary N) is 1. The van der Waals surface area contributed by atoms with Crippen molar-refractivity contribution < 1.29 is 4.74 Å². The second-order valence-electron chi connectivity index (χ2n) is 6.49. The molecule has 0 radical (unpaired) electrons. The van der Waals surface area contributed by atoms with E-state index < -0.39 is 0 Å². The van der Waals surface area contributed by atoms with Crippen molar-refractivity contribution >= 4 is 0 Å². The summed E-state index contributed by atoms with van der Waals surface area (Å²) in [6.45, 7) is 13.9. The summed E-state index contributed by atoms with van der Waals surface area (Å²) in [5, 5.41) is 3.71. The Labute approximate surface area is 129 Å². The molecule has 1 aromatic carbocycles. The summed E-state index contributed by atoms with van der Waals surface area (Å²) in [5.41, 5.74) is 2.96. The molecule has 0 amide bonds. The highest BCUT2D eigenvalue weighted by Crippen LogP contribution is 2.24. The van der Waals surface area contributed by atoms with Crippen LogP contribution in [0.4, 0.5) is 0 Å². The summed E-state index contributed by atoms with van der Waals surface area (Å²) < 4.78 is 5.51. The van der Waals surface area contributed by atoms with E-state index in [0.717, 1.165) is 39.3 Å². The van der Waals surface area contributed by atoms with Crippen LogP contribution in [0.5, 0.6) is 0 Å². The van der Waals surface area contributed by atoms with Crippen LogP contribution in [-0.2, 0) is 11.2 Å².